The number of nitrogens with one attached hydrogen (secondary N) is 1. The topological polar surface area (TPSA) is 124 Å². The van der Waals surface area contributed by atoms with Crippen molar-refractivity contribution in [1.29, 1.82) is 0 Å². The smallest absolute Gasteiger partial charge is 0.407 e. The molecule has 11 heteroatoms. The van der Waals surface area contributed by atoms with Gasteiger partial charge in [0.2, 0.25) is 0 Å². The fourth-order valence-electron chi connectivity index (χ4n) is 4.34. The van der Waals surface area contributed by atoms with Crippen LogP contribution in [0.5, 0.6) is 11.5 Å². The normalized spacial score (nSPS) is 16.1. The number of hydrogen-bond acceptors (Lipinski definition) is 8. The lowest BCUT2D eigenvalue weighted by molar-refractivity contribution is -0.145. The largest absolute Gasteiger partial charge is 0.493 e. The summed E-state index contributed by atoms with van der Waals surface area (Å²) in [6, 6.07) is 12.7. The lowest BCUT2D eigenvalue weighted by atomic mass is 10.0. The molecule has 0 bridgehead atoms. The minimum atomic E-state index is -4.23. The van der Waals surface area contributed by atoms with Gasteiger partial charge in [-0.1, -0.05) is 47.6 Å². The molecule has 0 unspecified atom stereocenters. The van der Waals surface area contributed by atoms with Crippen molar-refractivity contribution < 1.29 is 37.4 Å². The fraction of sp³-hybridized carbons (Fsp3) is 0.536. The number of benzene rings is 2. The van der Waals surface area contributed by atoms with Crippen LogP contribution in [0.4, 0.5) is 4.79 Å². The molecule has 10 nitrogen and oxygen atoms in total. The van der Waals surface area contributed by atoms with Gasteiger partial charge in [0.1, 0.15) is 5.60 Å². The van der Waals surface area contributed by atoms with Gasteiger partial charge in [-0.15, -0.1) is 0 Å². The Bertz CT molecular complexity index is 1180. The Labute approximate surface area is 231 Å². The van der Waals surface area contributed by atoms with E-state index in [0.717, 1.165) is 22.9 Å². The van der Waals surface area contributed by atoms with Crippen LogP contribution in [0.1, 0.15) is 52.0 Å². The molecule has 0 aromatic heterocycles. The second kappa shape index (κ2) is 13.5. The number of carbonyl (C=O) groups excluding carboxylic acids is 1. The van der Waals surface area contributed by atoms with Crippen molar-refractivity contribution >= 4 is 16.1 Å². The van der Waals surface area contributed by atoms with E-state index in [0.29, 0.717) is 18.6 Å². The van der Waals surface area contributed by atoms with Gasteiger partial charge in [-0.3, -0.25) is 4.84 Å². The summed E-state index contributed by atoms with van der Waals surface area (Å²) < 4.78 is 44.4. The van der Waals surface area contributed by atoms with Crippen molar-refractivity contribution in [3.05, 3.63) is 54.1 Å². The summed E-state index contributed by atoms with van der Waals surface area (Å²) in [5, 5.41) is 14.1. The Hall–Kier alpha value is -2.86. The third-order valence-corrected chi connectivity index (χ3v) is 7.91. The number of ether oxygens (including phenoxy) is 3. The third-order valence-electron chi connectivity index (χ3n) is 6.29. The highest BCUT2D eigenvalue weighted by atomic mass is 32.2. The highest BCUT2D eigenvalue weighted by molar-refractivity contribution is 7.89. The van der Waals surface area contributed by atoms with Crippen molar-refractivity contribution in [2.75, 3.05) is 20.8 Å². The van der Waals surface area contributed by atoms with Gasteiger partial charge in [0, 0.05) is 6.07 Å². The molecule has 3 rings (SSSR count). The number of sulfonamides is 1. The molecule has 2 atom stereocenters. The first-order valence-corrected chi connectivity index (χ1v) is 14.5. The summed E-state index contributed by atoms with van der Waals surface area (Å²) in [5.74, 6) is 0.623. The quantitative estimate of drug-likeness (QED) is 0.370. The molecule has 0 aliphatic heterocycles. The summed E-state index contributed by atoms with van der Waals surface area (Å²) >= 11 is 0. The molecule has 2 N–H and O–H groups in total. The summed E-state index contributed by atoms with van der Waals surface area (Å²) in [7, 11) is -1.35. The SMILES string of the molecule is COc1ccc(S(=O)(=O)N(C[C@@H](O)[C@H](Cc2ccccc2)NC(=O)OC(C)(C)C)OC2CCCC2)cc1OC. The molecule has 1 aliphatic rings. The number of hydroxylamine groups is 1. The predicted molar refractivity (Wildman–Crippen MR) is 146 cm³/mol. The number of methoxy groups -OCH3 is 2. The zero-order valence-electron chi connectivity index (χ0n) is 23.3. The first-order chi connectivity index (χ1) is 18.4. The van der Waals surface area contributed by atoms with E-state index in [1.807, 2.05) is 30.3 Å². The summed E-state index contributed by atoms with van der Waals surface area (Å²) in [6.07, 6.45) is 1.16. The van der Waals surface area contributed by atoms with Gasteiger partial charge in [-0.05, 0) is 57.7 Å². The van der Waals surface area contributed by atoms with Crippen molar-refractivity contribution in [3.8, 4) is 11.5 Å². The van der Waals surface area contributed by atoms with Gasteiger partial charge in [0.05, 0.1) is 43.9 Å². The predicted octanol–water partition coefficient (Wildman–Crippen LogP) is 4.07. The molecular weight excluding hydrogens is 524 g/mol. The standard InChI is InChI=1S/C28H40N2O8S/c1-28(2,3)37-27(32)29-23(17-20-11-7-6-8-12-20)24(31)19-30(38-21-13-9-10-14-21)39(33,34)22-15-16-25(35-4)26(18-22)36-5/h6-8,11-12,15-16,18,21,23-24,31H,9-10,13-14,17,19H2,1-5H3,(H,29,32)/t23-,24+/m0/s1. The highest BCUT2D eigenvalue weighted by Crippen LogP contribution is 2.32. The molecule has 1 aliphatic carbocycles. The summed E-state index contributed by atoms with van der Waals surface area (Å²) in [6.45, 7) is 4.80. The number of amides is 1. The van der Waals surface area contributed by atoms with Crippen LogP contribution in [-0.4, -0.2) is 68.7 Å². The van der Waals surface area contributed by atoms with Crippen molar-refractivity contribution in [3.63, 3.8) is 0 Å². The van der Waals surface area contributed by atoms with E-state index >= 15 is 0 Å². The molecule has 1 fully saturated rings. The van der Waals surface area contributed by atoms with Crippen LogP contribution in [-0.2, 0) is 26.0 Å². The number of hydrogen-bond donors (Lipinski definition) is 2. The first kappa shape index (κ1) is 30.7. The van der Waals surface area contributed by atoms with Crippen molar-refractivity contribution in [2.45, 2.75) is 81.6 Å². The number of aliphatic hydroxyl groups excluding tert-OH is 1. The molecule has 39 heavy (non-hydrogen) atoms. The van der Waals surface area contributed by atoms with Gasteiger partial charge in [0.15, 0.2) is 11.5 Å². The van der Waals surface area contributed by atoms with Crippen molar-refractivity contribution in [1.82, 2.24) is 9.79 Å². The molecule has 2 aromatic carbocycles. The summed E-state index contributed by atoms with van der Waals surface area (Å²) in [5.41, 5.74) is 0.101. The van der Waals surface area contributed by atoms with E-state index in [4.69, 9.17) is 19.0 Å². The molecule has 0 spiro atoms. The Morgan fingerprint density at radius 1 is 1.05 bits per heavy atom. The second-order valence-corrected chi connectivity index (χ2v) is 12.4. The monoisotopic (exact) mass is 564 g/mol. The van der Waals surface area contributed by atoms with Crippen LogP contribution in [0.2, 0.25) is 0 Å². The molecule has 0 saturated heterocycles. The van der Waals surface area contributed by atoms with Gasteiger partial charge >= 0.3 is 6.09 Å². The van der Waals surface area contributed by atoms with E-state index < -0.39 is 40.4 Å². The van der Waals surface area contributed by atoms with E-state index in [9.17, 15) is 18.3 Å². The molecule has 216 valence electrons. The van der Waals surface area contributed by atoms with E-state index in [-0.39, 0.29) is 23.2 Å². The van der Waals surface area contributed by atoms with Gasteiger partial charge in [0.25, 0.3) is 10.0 Å². The van der Waals surface area contributed by atoms with Crippen LogP contribution in [0.15, 0.2) is 53.4 Å². The molecule has 2 aromatic rings. The van der Waals surface area contributed by atoms with Crippen LogP contribution < -0.4 is 14.8 Å². The van der Waals surface area contributed by atoms with Gasteiger partial charge in [-0.2, -0.15) is 0 Å². The minimum Gasteiger partial charge on any atom is -0.493 e. The Kier molecular flexibility index (Phi) is 10.6. The lowest BCUT2D eigenvalue weighted by Crippen LogP contribution is -2.51. The van der Waals surface area contributed by atoms with Gasteiger partial charge in [-0.25, -0.2) is 13.2 Å². The number of alkyl carbamates (subject to hydrolysis) is 1. The lowest BCUT2D eigenvalue weighted by Gasteiger charge is -2.31. The molecule has 1 saturated carbocycles. The van der Waals surface area contributed by atoms with Gasteiger partial charge < -0.3 is 24.6 Å². The maximum atomic E-state index is 13.8. The fourth-order valence-corrected chi connectivity index (χ4v) is 5.66. The molecule has 1 amide bonds. The number of aliphatic hydroxyl groups is 1. The number of nitrogens with zero attached hydrogens (tertiary/aromatic N) is 1. The van der Waals surface area contributed by atoms with Crippen LogP contribution in [0.25, 0.3) is 0 Å². The highest BCUT2D eigenvalue weighted by Gasteiger charge is 2.35. The Morgan fingerprint density at radius 2 is 1.69 bits per heavy atom. The zero-order valence-corrected chi connectivity index (χ0v) is 24.1. The second-order valence-electron chi connectivity index (χ2n) is 10.5. The Balaban J connectivity index is 1.91. The molecular formula is C28H40N2O8S. The van der Waals surface area contributed by atoms with Crippen LogP contribution >= 0.6 is 0 Å². The third kappa shape index (κ3) is 8.82. The number of carbonyl (C=O) groups is 1. The maximum absolute atomic E-state index is 13.8. The zero-order chi connectivity index (χ0) is 28.6. The van der Waals surface area contributed by atoms with E-state index in [1.165, 1.54) is 32.4 Å². The first-order valence-electron chi connectivity index (χ1n) is 13.1. The average Bonchev–Trinajstić information content (AvgIpc) is 3.40. The Morgan fingerprint density at radius 3 is 2.28 bits per heavy atom. The average molecular weight is 565 g/mol. The molecule has 0 radical (unpaired) electrons. The van der Waals surface area contributed by atoms with E-state index in [1.54, 1.807) is 20.8 Å². The van der Waals surface area contributed by atoms with Crippen LogP contribution in [0.3, 0.4) is 0 Å². The number of rotatable bonds is 12. The minimum absolute atomic E-state index is 0.0787. The van der Waals surface area contributed by atoms with E-state index in [2.05, 4.69) is 5.32 Å². The molecule has 0 heterocycles. The maximum Gasteiger partial charge on any atom is 0.407 e. The van der Waals surface area contributed by atoms with Crippen LogP contribution in [0, 0.1) is 0 Å². The van der Waals surface area contributed by atoms with Crippen molar-refractivity contribution in [2.24, 2.45) is 0 Å². The summed E-state index contributed by atoms with van der Waals surface area (Å²) in [4.78, 5) is 18.6.